The molecule has 0 fully saturated rings. The Morgan fingerprint density at radius 2 is 1.76 bits per heavy atom. The first-order valence-corrected chi connectivity index (χ1v) is 11.0. The van der Waals surface area contributed by atoms with Crippen molar-refractivity contribution < 1.29 is 24.2 Å². The second-order valence-corrected chi connectivity index (χ2v) is 10.1. The third-order valence-corrected chi connectivity index (χ3v) is 4.78. The lowest BCUT2D eigenvalue weighted by atomic mass is 9.94. The number of hydrogen-bond acceptors (Lipinski definition) is 5. The number of hydrogen-bond donors (Lipinski definition) is 3. The maximum Gasteiger partial charge on any atom is 0.408 e. The smallest absolute Gasteiger partial charge is 0.408 e. The highest BCUT2D eigenvalue weighted by atomic mass is 16.6. The third kappa shape index (κ3) is 8.53. The summed E-state index contributed by atoms with van der Waals surface area (Å²) in [5.41, 5.74) is 1.18. The first-order chi connectivity index (χ1) is 15.1. The molecule has 1 aromatic rings. The Hall–Kier alpha value is -2.87. The minimum atomic E-state index is -1.30. The zero-order valence-electron chi connectivity index (χ0n) is 21.1. The van der Waals surface area contributed by atoms with E-state index >= 15 is 0 Å². The summed E-state index contributed by atoms with van der Waals surface area (Å²) in [6, 6.07) is 3.26. The van der Waals surface area contributed by atoms with Gasteiger partial charge in [-0.1, -0.05) is 24.3 Å². The van der Waals surface area contributed by atoms with Crippen LogP contribution in [0.1, 0.15) is 64.3 Å². The fourth-order valence-electron chi connectivity index (χ4n) is 3.26. The minimum Gasteiger partial charge on any atom is -0.444 e. The minimum absolute atomic E-state index is 0.0287. The molecule has 33 heavy (non-hydrogen) atoms. The van der Waals surface area contributed by atoms with Crippen LogP contribution in [0.5, 0.6) is 0 Å². The molecule has 2 unspecified atom stereocenters. The van der Waals surface area contributed by atoms with E-state index in [1.54, 1.807) is 26.8 Å². The van der Waals surface area contributed by atoms with Gasteiger partial charge in [0, 0.05) is 12.1 Å². The Morgan fingerprint density at radius 3 is 2.24 bits per heavy atom. The average Bonchev–Trinajstić information content (AvgIpc) is 2.65. The molecule has 0 saturated heterocycles. The van der Waals surface area contributed by atoms with Crippen LogP contribution in [0.2, 0.25) is 0 Å². The molecular formula is C25H39N3O5. The number of nitrogens with one attached hydrogen (secondary N) is 2. The van der Waals surface area contributed by atoms with Crippen LogP contribution in [0.4, 0.5) is 4.79 Å². The molecule has 3 amide bonds. The number of benzene rings is 1. The van der Waals surface area contributed by atoms with Gasteiger partial charge in [0.05, 0.1) is 6.61 Å². The van der Waals surface area contributed by atoms with Gasteiger partial charge in [0.1, 0.15) is 17.7 Å². The largest absolute Gasteiger partial charge is 0.444 e. The molecule has 2 atom stereocenters. The number of rotatable bonds is 8. The third-order valence-electron chi connectivity index (χ3n) is 4.78. The predicted octanol–water partition coefficient (Wildman–Crippen LogP) is 3.16. The number of aliphatic hydroxyl groups is 1. The van der Waals surface area contributed by atoms with E-state index in [2.05, 4.69) is 17.2 Å². The van der Waals surface area contributed by atoms with E-state index < -0.39 is 41.8 Å². The molecule has 0 aromatic heterocycles. The Kier molecular flexibility index (Phi) is 9.66. The summed E-state index contributed by atoms with van der Waals surface area (Å²) in [6.07, 6.45) is 0.665. The highest BCUT2D eigenvalue weighted by Crippen LogP contribution is 2.28. The first-order valence-electron chi connectivity index (χ1n) is 11.0. The summed E-state index contributed by atoms with van der Waals surface area (Å²) in [4.78, 5) is 40.5. The van der Waals surface area contributed by atoms with E-state index in [0.717, 1.165) is 11.1 Å². The topological polar surface area (TPSA) is 108 Å². The molecule has 3 N–H and O–H groups in total. The molecule has 0 aliphatic carbocycles. The van der Waals surface area contributed by atoms with Crippen molar-refractivity contribution in [2.45, 2.75) is 78.6 Å². The molecule has 0 aliphatic rings. The lowest BCUT2D eigenvalue weighted by molar-refractivity contribution is -0.143. The van der Waals surface area contributed by atoms with Crippen LogP contribution in [-0.4, -0.2) is 58.2 Å². The number of nitrogens with zero attached hydrogens (tertiary/aromatic N) is 1. The van der Waals surface area contributed by atoms with Crippen LogP contribution in [0.15, 0.2) is 30.9 Å². The molecule has 0 radical (unpaired) electrons. The van der Waals surface area contributed by atoms with E-state index in [1.165, 1.54) is 11.0 Å². The van der Waals surface area contributed by atoms with Crippen LogP contribution in [0, 0.1) is 13.8 Å². The molecule has 0 aliphatic heterocycles. The average molecular weight is 462 g/mol. The molecule has 184 valence electrons. The molecule has 8 heteroatoms. The molecule has 0 saturated carbocycles. The van der Waals surface area contributed by atoms with E-state index in [1.807, 2.05) is 46.8 Å². The fourth-order valence-corrected chi connectivity index (χ4v) is 3.26. The predicted molar refractivity (Wildman–Crippen MR) is 129 cm³/mol. The van der Waals surface area contributed by atoms with Gasteiger partial charge in [0.25, 0.3) is 0 Å². The quantitative estimate of drug-likeness (QED) is 0.516. The Balaban J connectivity index is 3.46. The lowest BCUT2D eigenvalue weighted by Crippen LogP contribution is -2.55. The van der Waals surface area contributed by atoms with Crippen molar-refractivity contribution >= 4 is 17.9 Å². The van der Waals surface area contributed by atoms with Crippen molar-refractivity contribution in [2.75, 3.05) is 13.2 Å². The maximum atomic E-state index is 13.5. The summed E-state index contributed by atoms with van der Waals surface area (Å²) in [6.45, 7) is 17.6. The summed E-state index contributed by atoms with van der Waals surface area (Å²) < 4.78 is 5.22. The van der Waals surface area contributed by atoms with Crippen molar-refractivity contribution in [1.82, 2.24) is 15.5 Å². The van der Waals surface area contributed by atoms with Crippen molar-refractivity contribution in [3.8, 4) is 0 Å². The van der Waals surface area contributed by atoms with E-state index in [0.29, 0.717) is 5.56 Å². The van der Waals surface area contributed by atoms with Gasteiger partial charge in [0.15, 0.2) is 0 Å². The van der Waals surface area contributed by atoms with E-state index in [-0.39, 0.29) is 12.5 Å². The van der Waals surface area contributed by atoms with Crippen LogP contribution in [0.3, 0.4) is 0 Å². The second-order valence-electron chi connectivity index (χ2n) is 10.1. The fraction of sp³-hybridized carbons (Fsp3) is 0.560. The number of amides is 3. The van der Waals surface area contributed by atoms with Gasteiger partial charge in [-0.15, -0.1) is 6.58 Å². The summed E-state index contributed by atoms with van der Waals surface area (Å²) in [7, 11) is 0. The molecular weight excluding hydrogens is 422 g/mol. The number of aryl methyl sites for hydroxylation is 1. The van der Waals surface area contributed by atoms with Gasteiger partial charge in [-0.3, -0.25) is 9.59 Å². The maximum absolute atomic E-state index is 13.5. The number of alkyl carbamates (subject to hydrolysis) is 1. The molecule has 0 spiro atoms. The van der Waals surface area contributed by atoms with Gasteiger partial charge in [-0.25, -0.2) is 4.79 Å². The molecule has 0 bridgehead atoms. The number of carbonyl (C=O) groups is 3. The van der Waals surface area contributed by atoms with Gasteiger partial charge in [-0.2, -0.15) is 0 Å². The number of aliphatic hydroxyl groups excluding tert-OH is 1. The Labute approximate surface area is 197 Å². The second kappa shape index (κ2) is 11.3. The number of ether oxygens (including phenoxy) is 1. The van der Waals surface area contributed by atoms with E-state index in [9.17, 15) is 19.5 Å². The highest BCUT2D eigenvalue weighted by Gasteiger charge is 2.37. The van der Waals surface area contributed by atoms with Crippen LogP contribution in [0.25, 0.3) is 0 Å². The van der Waals surface area contributed by atoms with Crippen molar-refractivity contribution in [1.29, 1.82) is 0 Å². The number of carbonyl (C=O) groups excluding carboxylic acids is 3. The van der Waals surface area contributed by atoms with Crippen LogP contribution >= 0.6 is 0 Å². The zero-order valence-corrected chi connectivity index (χ0v) is 21.1. The standard InChI is InChI=1S/C25H39N3O5/c1-10-14-28(22(31)19(15-29)26-23(32)33-25(7,8)9)20(21(30)27-24(4,5)6)18-13-11-12-16(2)17(18)3/h10-13,19-20,29H,1,14-15H2,2-9H3,(H,26,32)(H,27,30). The SMILES string of the molecule is C=CCN(C(=O)C(CO)NC(=O)OC(C)(C)C)C(C(=O)NC(C)(C)C)c1cccc(C)c1C. The molecule has 0 heterocycles. The van der Waals surface area contributed by atoms with Crippen molar-refractivity contribution in [3.05, 3.63) is 47.5 Å². The van der Waals surface area contributed by atoms with Gasteiger partial charge in [0.2, 0.25) is 11.8 Å². The van der Waals surface area contributed by atoms with Crippen LogP contribution in [-0.2, 0) is 14.3 Å². The summed E-state index contributed by atoms with van der Waals surface area (Å²) in [5, 5.41) is 15.3. The Morgan fingerprint density at radius 1 is 1.15 bits per heavy atom. The highest BCUT2D eigenvalue weighted by molar-refractivity contribution is 5.92. The monoisotopic (exact) mass is 461 g/mol. The van der Waals surface area contributed by atoms with Gasteiger partial charge >= 0.3 is 6.09 Å². The molecule has 8 nitrogen and oxygen atoms in total. The van der Waals surface area contributed by atoms with Crippen LogP contribution < -0.4 is 10.6 Å². The molecule has 1 rings (SSSR count). The normalized spacial score (nSPS) is 13.5. The van der Waals surface area contributed by atoms with Crippen molar-refractivity contribution in [3.63, 3.8) is 0 Å². The van der Waals surface area contributed by atoms with Gasteiger partial charge < -0.3 is 25.4 Å². The van der Waals surface area contributed by atoms with Gasteiger partial charge in [-0.05, 0) is 72.1 Å². The molecule has 1 aromatic carbocycles. The lowest BCUT2D eigenvalue weighted by Gasteiger charge is -2.35. The van der Waals surface area contributed by atoms with E-state index in [4.69, 9.17) is 4.74 Å². The van der Waals surface area contributed by atoms with Crippen molar-refractivity contribution in [2.24, 2.45) is 0 Å². The summed E-state index contributed by atoms with van der Waals surface area (Å²) in [5.74, 6) is -1.00. The Bertz CT molecular complexity index is 868. The zero-order chi connectivity index (χ0) is 25.6. The summed E-state index contributed by atoms with van der Waals surface area (Å²) >= 11 is 0. The first kappa shape index (κ1) is 28.2.